The molecule has 0 saturated carbocycles. The summed E-state index contributed by atoms with van der Waals surface area (Å²) in [6, 6.07) is 0. The predicted octanol–water partition coefficient (Wildman–Crippen LogP) is 1.80. The van der Waals surface area contributed by atoms with Crippen LogP contribution in [0.5, 0.6) is 0 Å². The second-order valence-corrected chi connectivity index (χ2v) is 2.30. The van der Waals surface area contributed by atoms with Gasteiger partial charge in [-0.3, -0.25) is 0 Å². The SMILES string of the molecule is [CH2]NCCC(C)CC. The largest absolute Gasteiger partial charge is 0.315 e. The molecule has 0 rings (SSSR count). The van der Waals surface area contributed by atoms with Crippen LogP contribution in [0.2, 0.25) is 0 Å². The van der Waals surface area contributed by atoms with Gasteiger partial charge in [-0.1, -0.05) is 20.3 Å². The first-order valence-corrected chi connectivity index (χ1v) is 3.31. The molecule has 1 N–H and O–H groups in total. The Bertz CT molecular complexity index is 43.7. The molecule has 0 aromatic heterocycles. The van der Waals surface area contributed by atoms with Crippen molar-refractivity contribution in [3.05, 3.63) is 7.05 Å². The average molecular weight is 114 g/mol. The molecule has 1 radical (unpaired) electrons. The Kier molecular flexibility index (Phi) is 5.08. The van der Waals surface area contributed by atoms with Gasteiger partial charge in [0.1, 0.15) is 0 Å². The van der Waals surface area contributed by atoms with E-state index in [0.29, 0.717) is 0 Å². The summed E-state index contributed by atoms with van der Waals surface area (Å²) in [5, 5.41) is 2.88. The molecule has 0 aliphatic carbocycles. The van der Waals surface area contributed by atoms with Crippen molar-refractivity contribution in [2.24, 2.45) is 5.92 Å². The van der Waals surface area contributed by atoms with Crippen LogP contribution in [0.1, 0.15) is 26.7 Å². The Morgan fingerprint density at radius 1 is 1.62 bits per heavy atom. The summed E-state index contributed by atoms with van der Waals surface area (Å²) in [6.45, 7) is 5.53. The van der Waals surface area contributed by atoms with Crippen LogP contribution in [0.15, 0.2) is 0 Å². The highest BCUT2D eigenvalue weighted by Crippen LogP contribution is 2.03. The van der Waals surface area contributed by atoms with Crippen molar-refractivity contribution in [2.45, 2.75) is 26.7 Å². The molecule has 8 heavy (non-hydrogen) atoms. The van der Waals surface area contributed by atoms with E-state index in [1.54, 1.807) is 0 Å². The fourth-order valence-corrected chi connectivity index (χ4v) is 0.553. The van der Waals surface area contributed by atoms with Crippen LogP contribution in [0.25, 0.3) is 0 Å². The van der Waals surface area contributed by atoms with Crippen LogP contribution in [0.3, 0.4) is 0 Å². The van der Waals surface area contributed by atoms with Gasteiger partial charge in [-0.2, -0.15) is 0 Å². The van der Waals surface area contributed by atoms with Crippen molar-refractivity contribution in [1.29, 1.82) is 0 Å². The maximum absolute atomic E-state index is 3.54. The Balaban J connectivity index is 2.86. The predicted molar refractivity (Wildman–Crippen MR) is 37.4 cm³/mol. The molecule has 0 spiro atoms. The van der Waals surface area contributed by atoms with Crippen molar-refractivity contribution in [2.75, 3.05) is 6.54 Å². The molecule has 0 saturated heterocycles. The molecule has 0 amide bonds. The van der Waals surface area contributed by atoms with Crippen molar-refractivity contribution >= 4 is 0 Å². The first-order chi connectivity index (χ1) is 3.81. The lowest BCUT2D eigenvalue weighted by Gasteiger charge is -2.05. The van der Waals surface area contributed by atoms with Gasteiger partial charge in [-0.15, -0.1) is 0 Å². The zero-order valence-electron chi connectivity index (χ0n) is 5.91. The van der Waals surface area contributed by atoms with Gasteiger partial charge in [-0.05, 0) is 18.9 Å². The fourth-order valence-electron chi connectivity index (χ4n) is 0.553. The molecule has 1 atom stereocenters. The summed E-state index contributed by atoms with van der Waals surface area (Å²) in [5.41, 5.74) is 0. The van der Waals surface area contributed by atoms with E-state index >= 15 is 0 Å². The molecule has 0 fully saturated rings. The summed E-state index contributed by atoms with van der Waals surface area (Å²) in [4.78, 5) is 0. The van der Waals surface area contributed by atoms with E-state index in [0.717, 1.165) is 12.5 Å². The maximum atomic E-state index is 3.54. The van der Waals surface area contributed by atoms with Crippen molar-refractivity contribution in [3.8, 4) is 0 Å². The third-order valence-electron chi connectivity index (χ3n) is 1.51. The number of hydrogen-bond donors (Lipinski definition) is 1. The first kappa shape index (κ1) is 7.96. The Hall–Kier alpha value is -0.0400. The summed E-state index contributed by atoms with van der Waals surface area (Å²) in [6.07, 6.45) is 2.53. The minimum absolute atomic E-state index is 0.851. The topological polar surface area (TPSA) is 12.0 Å². The molecule has 0 aromatic carbocycles. The highest BCUT2D eigenvalue weighted by molar-refractivity contribution is 4.51. The second kappa shape index (κ2) is 5.10. The molecule has 1 nitrogen and oxygen atoms in total. The van der Waals surface area contributed by atoms with Gasteiger partial charge < -0.3 is 5.32 Å². The lowest BCUT2D eigenvalue weighted by Crippen LogP contribution is -2.08. The summed E-state index contributed by atoms with van der Waals surface area (Å²) >= 11 is 0. The van der Waals surface area contributed by atoms with E-state index in [-0.39, 0.29) is 0 Å². The zero-order chi connectivity index (χ0) is 6.41. The smallest absolute Gasteiger partial charge is 0.00767 e. The fraction of sp³-hybridized carbons (Fsp3) is 0.857. The number of hydrogen-bond acceptors (Lipinski definition) is 1. The van der Waals surface area contributed by atoms with E-state index < -0.39 is 0 Å². The van der Waals surface area contributed by atoms with Crippen LogP contribution >= 0.6 is 0 Å². The van der Waals surface area contributed by atoms with Crippen molar-refractivity contribution < 1.29 is 0 Å². The first-order valence-electron chi connectivity index (χ1n) is 3.31. The van der Waals surface area contributed by atoms with Crippen molar-refractivity contribution in [1.82, 2.24) is 5.32 Å². The lowest BCUT2D eigenvalue weighted by molar-refractivity contribution is 0.507. The van der Waals surface area contributed by atoms with E-state index in [4.69, 9.17) is 0 Å². The van der Waals surface area contributed by atoms with Crippen LogP contribution < -0.4 is 5.32 Å². The minimum Gasteiger partial charge on any atom is -0.315 e. The molecular formula is C7H16N. The lowest BCUT2D eigenvalue weighted by atomic mass is 10.1. The quantitative estimate of drug-likeness (QED) is 0.587. The molecule has 0 aliphatic heterocycles. The Morgan fingerprint density at radius 2 is 2.25 bits per heavy atom. The second-order valence-electron chi connectivity index (χ2n) is 2.30. The van der Waals surface area contributed by atoms with Gasteiger partial charge in [0.15, 0.2) is 0 Å². The van der Waals surface area contributed by atoms with E-state index in [9.17, 15) is 0 Å². The van der Waals surface area contributed by atoms with Gasteiger partial charge in [0, 0.05) is 7.05 Å². The van der Waals surface area contributed by atoms with Gasteiger partial charge in [0.05, 0.1) is 0 Å². The molecule has 1 heteroatoms. The highest BCUT2D eigenvalue weighted by Gasteiger charge is 1.94. The van der Waals surface area contributed by atoms with E-state index in [1.807, 2.05) is 0 Å². The van der Waals surface area contributed by atoms with Crippen LogP contribution in [0.4, 0.5) is 0 Å². The number of rotatable bonds is 4. The number of nitrogens with one attached hydrogen (secondary N) is 1. The van der Waals surface area contributed by atoms with Gasteiger partial charge in [-0.25, -0.2) is 0 Å². The van der Waals surface area contributed by atoms with Crippen LogP contribution in [-0.2, 0) is 0 Å². The molecule has 0 heterocycles. The van der Waals surface area contributed by atoms with Crippen LogP contribution in [0, 0.1) is 13.0 Å². The Morgan fingerprint density at radius 3 is 2.62 bits per heavy atom. The van der Waals surface area contributed by atoms with Gasteiger partial charge in [0.25, 0.3) is 0 Å². The molecule has 1 unspecified atom stereocenters. The van der Waals surface area contributed by atoms with Gasteiger partial charge >= 0.3 is 0 Å². The molecule has 0 aromatic rings. The van der Waals surface area contributed by atoms with E-state index in [2.05, 4.69) is 26.2 Å². The minimum atomic E-state index is 0.851. The summed E-state index contributed by atoms with van der Waals surface area (Å²) in [5.74, 6) is 0.851. The third kappa shape index (κ3) is 4.13. The molecule has 0 bridgehead atoms. The monoisotopic (exact) mass is 114 g/mol. The molecule has 49 valence electrons. The highest BCUT2D eigenvalue weighted by atomic mass is 14.8. The van der Waals surface area contributed by atoms with Crippen molar-refractivity contribution in [3.63, 3.8) is 0 Å². The summed E-state index contributed by atoms with van der Waals surface area (Å²) < 4.78 is 0. The standard InChI is InChI=1S/C7H16N/c1-4-7(2)5-6-8-3/h7-8H,3-6H2,1-2H3. The molecule has 0 aliphatic rings. The Labute approximate surface area is 52.5 Å². The summed E-state index contributed by atoms with van der Waals surface area (Å²) in [7, 11) is 3.54. The average Bonchev–Trinajstić information content (AvgIpc) is 1.83. The van der Waals surface area contributed by atoms with Gasteiger partial charge in [0.2, 0.25) is 0 Å². The normalized spacial score (nSPS) is 13.9. The molecular weight excluding hydrogens is 98.1 g/mol. The third-order valence-corrected chi connectivity index (χ3v) is 1.51. The maximum Gasteiger partial charge on any atom is 0.00767 e. The zero-order valence-corrected chi connectivity index (χ0v) is 5.91. The van der Waals surface area contributed by atoms with E-state index in [1.165, 1.54) is 12.8 Å². The van der Waals surface area contributed by atoms with Crippen LogP contribution in [-0.4, -0.2) is 6.54 Å².